The Morgan fingerprint density at radius 2 is 2.06 bits per heavy atom. The Balaban J connectivity index is 1.79. The van der Waals surface area contributed by atoms with Gasteiger partial charge in [0.15, 0.2) is 0 Å². The van der Waals surface area contributed by atoms with E-state index in [0.717, 1.165) is 30.9 Å². The number of ether oxygens (including phenoxy) is 2. The van der Waals surface area contributed by atoms with Gasteiger partial charge in [-0.1, -0.05) is 30.3 Å². The number of aliphatic imine (C=N–C) groups is 1. The minimum Gasteiger partial charge on any atom is -0.501 e. The van der Waals surface area contributed by atoms with Crippen molar-refractivity contribution in [1.29, 1.82) is 0 Å². The molecule has 2 heterocycles. The van der Waals surface area contributed by atoms with Crippen molar-refractivity contribution in [3.05, 3.63) is 47.7 Å². The number of rotatable bonds is 2. The van der Waals surface area contributed by atoms with E-state index < -0.39 is 0 Å². The van der Waals surface area contributed by atoms with E-state index in [-0.39, 0.29) is 6.04 Å². The van der Waals surface area contributed by atoms with Gasteiger partial charge in [-0.05, 0) is 18.4 Å². The van der Waals surface area contributed by atoms with Crippen molar-refractivity contribution in [2.75, 3.05) is 13.2 Å². The van der Waals surface area contributed by atoms with E-state index in [1.807, 2.05) is 18.2 Å². The molecule has 0 unspecified atom stereocenters. The van der Waals surface area contributed by atoms with Crippen LogP contribution in [0.3, 0.4) is 0 Å². The van der Waals surface area contributed by atoms with Gasteiger partial charge in [-0.15, -0.1) is 0 Å². The summed E-state index contributed by atoms with van der Waals surface area (Å²) < 4.78 is 11.0. The Morgan fingerprint density at radius 1 is 1.18 bits per heavy atom. The standard InChI is InChI=1S/C14H15NO2/c1-2-5-11(6-3-1)13-10-17-14(15-13)12-7-4-8-16-9-12/h1-3,5-6,9,13H,4,7-8,10H2/t13-/m1/s1. The summed E-state index contributed by atoms with van der Waals surface area (Å²) in [7, 11) is 0. The molecule has 2 aliphatic heterocycles. The average Bonchev–Trinajstić information content (AvgIpc) is 2.90. The average molecular weight is 229 g/mol. The zero-order valence-electron chi connectivity index (χ0n) is 9.63. The lowest BCUT2D eigenvalue weighted by atomic mass is 10.1. The van der Waals surface area contributed by atoms with Gasteiger partial charge >= 0.3 is 0 Å². The largest absolute Gasteiger partial charge is 0.501 e. The van der Waals surface area contributed by atoms with Crippen molar-refractivity contribution in [2.24, 2.45) is 4.99 Å². The molecule has 0 N–H and O–H groups in total. The Bertz CT molecular complexity index is 451. The molecule has 1 aromatic rings. The molecular formula is C14H15NO2. The lowest BCUT2D eigenvalue weighted by Crippen LogP contribution is -2.09. The van der Waals surface area contributed by atoms with Crippen molar-refractivity contribution < 1.29 is 9.47 Å². The van der Waals surface area contributed by atoms with E-state index in [1.54, 1.807) is 6.26 Å². The van der Waals surface area contributed by atoms with Crippen molar-refractivity contribution in [3.63, 3.8) is 0 Å². The van der Waals surface area contributed by atoms with Crippen LogP contribution in [0.15, 0.2) is 47.2 Å². The molecular weight excluding hydrogens is 214 g/mol. The first kappa shape index (κ1) is 10.4. The molecule has 88 valence electrons. The van der Waals surface area contributed by atoms with Crippen LogP contribution in [0.25, 0.3) is 0 Å². The van der Waals surface area contributed by atoms with Crippen LogP contribution in [0, 0.1) is 0 Å². The molecule has 0 aromatic heterocycles. The zero-order valence-corrected chi connectivity index (χ0v) is 9.63. The molecule has 2 aliphatic rings. The maximum Gasteiger partial charge on any atom is 0.215 e. The fourth-order valence-corrected chi connectivity index (χ4v) is 2.12. The summed E-state index contributed by atoms with van der Waals surface area (Å²) in [6.45, 7) is 1.44. The predicted octanol–water partition coefficient (Wildman–Crippen LogP) is 2.85. The number of nitrogens with zero attached hydrogens (tertiary/aromatic N) is 1. The van der Waals surface area contributed by atoms with Gasteiger partial charge in [0.05, 0.1) is 12.9 Å². The molecule has 3 heteroatoms. The van der Waals surface area contributed by atoms with E-state index in [1.165, 1.54) is 5.56 Å². The van der Waals surface area contributed by atoms with Gasteiger partial charge in [0.2, 0.25) is 5.90 Å². The molecule has 17 heavy (non-hydrogen) atoms. The molecule has 1 aromatic carbocycles. The van der Waals surface area contributed by atoms with Gasteiger partial charge < -0.3 is 9.47 Å². The predicted molar refractivity (Wildman–Crippen MR) is 65.8 cm³/mol. The maximum atomic E-state index is 5.66. The molecule has 0 radical (unpaired) electrons. The summed E-state index contributed by atoms with van der Waals surface area (Å²) in [5.41, 5.74) is 2.30. The van der Waals surface area contributed by atoms with Gasteiger partial charge in [-0.2, -0.15) is 0 Å². The highest BCUT2D eigenvalue weighted by Gasteiger charge is 2.23. The normalized spacial score (nSPS) is 23.4. The highest BCUT2D eigenvalue weighted by atomic mass is 16.5. The highest BCUT2D eigenvalue weighted by Crippen LogP contribution is 2.26. The van der Waals surface area contributed by atoms with Crippen molar-refractivity contribution in [2.45, 2.75) is 18.9 Å². The topological polar surface area (TPSA) is 30.8 Å². The van der Waals surface area contributed by atoms with E-state index in [9.17, 15) is 0 Å². The summed E-state index contributed by atoms with van der Waals surface area (Å²) in [6.07, 6.45) is 3.83. The van der Waals surface area contributed by atoms with Crippen LogP contribution < -0.4 is 0 Å². The third kappa shape index (κ3) is 2.18. The summed E-state index contributed by atoms with van der Waals surface area (Å²) in [5, 5.41) is 0. The monoisotopic (exact) mass is 229 g/mol. The second-order valence-corrected chi connectivity index (χ2v) is 4.29. The van der Waals surface area contributed by atoms with Crippen LogP contribution >= 0.6 is 0 Å². The third-order valence-corrected chi connectivity index (χ3v) is 3.04. The molecule has 3 nitrogen and oxygen atoms in total. The van der Waals surface area contributed by atoms with E-state index >= 15 is 0 Å². The van der Waals surface area contributed by atoms with Crippen molar-refractivity contribution in [3.8, 4) is 0 Å². The summed E-state index contributed by atoms with van der Waals surface area (Å²) in [5.74, 6) is 0.763. The Hall–Kier alpha value is -1.77. The van der Waals surface area contributed by atoms with Crippen LogP contribution in [0.4, 0.5) is 0 Å². The molecule has 1 atom stereocenters. The molecule has 0 saturated heterocycles. The second kappa shape index (κ2) is 4.62. The Morgan fingerprint density at radius 3 is 2.82 bits per heavy atom. The van der Waals surface area contributed by atoms with Gasteiger partial charge in [0.1, 0.15) is 12.6 Å². The van der Waals surface area contributed by atoms with E-state index in [4.69, 9.17) is 9.47 Å². The van der Waals surface area contributed by atoms with Crippen molar-refractivity contribution >= 4 is 5.90 Å². The zero-order chi connectivity index (χ0) is 11.5. The number of benzene rings is 1. The first-order valence-electron chi connectivity index (χ1n) is 6.00. The molecule has 0 spiro atoms. The molecule has 0 bridgehead atoms. The van der Waals surface area contributed by atoms with Crippen LogP contribution in [0.1, 0.15) is 24.4 Å². The lowest BCUT2D eigenvalue weighted by molar-refractivity contribution is 0.224. The lowest BCUT2D eigenvalue weighted by Gasteiger charge is -2.12. The summed E-state index contributed by atoms with van der Waals surface area (Å²) >= 11 is 0. The van der Waals surface area contributed by atoms with Crippen LogP contribution in [0.2, 0.25) is 0 Å². The van der Waals surface area contributed by atoms with Crippen LogP contribution in [0.5, 0.6) is 0 Å². The smallest absolute Gasteiger partial charge is 0.215 e. The van der Waals surface area contributed by atoms with Gasteiger partial charge in [0, 0.05) is 5.57 Å². The van der Waals surface area contributed by atoms with Gasteiger partial charge in [-0.25, -0.2) is 4.99 Å². The molecule has 0 aliphatic carbocycles. The number of hydrogen-bond acceptors (Lipinski definition) is 3. The third-order valence-electron chi connectivity index (χ3n) is 3.04. The van der Waals surface area contributed by atoms with Gasteiger partial charge in [-0.3, -0.25) is 0 Å². The molecule has 0 fully saturated rings. The molecule has 0 saturated carbocycles. The first-order chi connectivity index (χ1) is 8.43. The number of hydrogen-bond donors (Lipinski definition) is 0. The van der Waals surface area contributed by atoms with Gasteiger partial charge in [0.25, 0.3) is 0 Å². The van der Waals surface area contributed by atoms with Crippen LogP contribution in [-0.4, -0.2) is 19.1 Å². The summed E-state index contributed by atoms with van der Waals surface area (Å²) in [4.78, 5) is 4.63. The minimum absolute atomic E-state index is 0.133. The minimum atomic E-state index is 0.133. The Kier molecular flexibility index (Phi) is 2.82. The molecule has 3 rings (SSSR count). The Labute approximate surface area is 101 Å². The SMILES string of the molecule is C1=C(C2=N[C@@H](c3ccccc3)CO2)CCCO1. The quantitative estimate of drug-likeness (QED) is 0.780. The van der Waals surface area contributed by atoms with Crippen molar-refractivity contribution in [1.82, 2.24) is 0 Å². The van der Waals surface area contributed by atoms with E-state index in [2.05, 4.69) is 17.1 Å². The van der Waals surface area contributed by atoms with Crippen LogP contribution in [-0.2, 0) is 9.47 Å². The first-order valence-corrected chi connectivity index (χ1v) is 6.00. The highest BCUT2D eigenvalue weighted by molar-refractivity contribution is 5.94. The maximum absolute atomic E-state index is 5.66. The second-order valence-electron chi connectivity index (χ2n) is 4.29. The fourth-order valence-electron chi connectivity index (χ4n) is 2.12. The summed E-state index contributed by atoms with van der Waals surface area (Å²) in [6, 6.07) is 10.4. The fraction of sp³-hybridized carbons (Fsp3) is 0.357. The molecule has 0 amide bonds. The van der Waals surface area contributed by atoms with E-state index in [0.29, 0.717) is 6.61 Å².